The van der Waals surface area contributed by atoms with Crippen LogP contribution in [-0.4, -0.2) is 16.5 Å². The minimum Gasteiger partial charge on any atom is -0.399 e. The average Bonchev–Trinajstić information content (AvgIpc) is 2.66. The van der Waals surface area contributed by atoms with Crippen molar-refractivity contribution in [2.24, 2.45) is 0 Å². The molecule has 2 rings (SSSR count). The quantitative estimate of drug-likeness (QED) is 0.318. The number of nitrogens with two attached hydrogens (primary N) is 1. The molecule has 148 valence electrons. The summed E-state index contributed by atoms with van der Waals surface area (Å²) in [5.74, 6) is 1.63. The second-order valence-electron chi connectivity index (χ2n) is 7.45. The van der Waals surface area contributed by atoms with Gasteiger partial charge in [-0.05, 0) is 25.5 Å². The van der Waals surface area contributed by atoms with Gasteiger partial charge in [0.15, 0.2) is 5.82 Å². The molecule has 4 nitrogen and oxygen atoms in total. The first-order valence-electron chi connectivity index (χ1n) is 10.6. The van der Waals surface area contributed by atoms with Gasteiger partial charge in [-0.3, -0.25) is 0 Å². The molecule has 0 bridgehead atoms. The number of unbranched alkanes of at least 4 members (excludes halogenated alkanes) is 9. The molecule has 0 unspecified atom stereocenters. The third kappa shape index (κ3) is 8.42. The van der Waals surface area contributed by atoms with Gasteiger partial charge < -0.3 is 11.1 Å². The Hall–Kier alpha value is -2.10. The Labute approximate surface area is 165 Å². The number of rotatable bonds is 13. The van der Waals surface area contributed by atoms with Crippen molar-refractivity contribution in [3.05, 3.63) is 36.0 Å². The molecule has 0 fully saturated rings. The van der Waals surface area contributed by atoms with Crippen LogP contribution in [-0.2, 0) is 0 Å². The normalized spacial score (nSPS) is 10.9. The number of nitrogen functional groups attached to an aromatic ring is 1. The topological polar surface area (TPSA) is 63.8 Å². The summed E-state index contributed by atoms with van der Waals surface area (Å²) in [6, 6.07) is 9.74. The molecule has 1 heterocycles. The van der Waals surface area contributed by atoms with Gasteiger partial charge in [0.25, 0.3) is 0 Å². The molecular weight excluding hydrogens is 332 g/mol. The molecule has 0 aliphatic heterocycles. The monoisotopic (exact) mass is 368 g/mol. The van der Waals surface area contributed by atoms with Crippen LogP contribution in [0.5, 0.6) is 0 Å². The Kier molecular flexibility index (Phi) is 9.67. The number of benzene rings is 1. The SMILES string of the molecule is CCCCCCCCCCCCNc1cc(C)nc(-c2cccc(N)c2)n1. The van der Waals surface area contributed by atoms with Crippen molar-refractivity contribution >= 4 is 11.5 Å². The van der Waals surface area contributed by atoms with Gasteiger partial charge in [-0.1, -0.05) is 76.8 Å². The lowest BCUT2D eigenvalue weighted by Gasteiger charge is -2.09. The van der Waals surface area contributed by atoms with E-state index in [-0.39, 0.29) is 0 Å². The molecule has 0 spiro atoms. The van der Waals surface area contributed by atoms with Gasteiger partial charge in [0.05, 0.1) is 0 Å². The van der Waals surface area contributed by atoms with E-state index in [1.54, 1.807) is 0 Å². The Morgan fingerprint density at radius 3 is 2.19 bits per heavy atom. The Bertz CT molecular complexity index is 669. The number of hydrogen-bond acceptors (Lipinski definition) is 4. The molecule has 0 saturated heterocycles. The second kappa shape index (κ2) is 12.3. The summed E-state index contributed by atoms with van der Waals surface area (Å²) in [5.41, 5.74) is 8.54. The van der Waals surface area contributed by atoms with Crippen molar-refractivity contribution < 1.29 is 0 Å². The minimum atomic E-state index is 0.730. The van der Waals surface area contributed by atoms with Crippen LogP contribution in [0.2, 0.25) is 0 Å². The van der Waals surface area contributed by atoms with Gasteiger partial charge in [0.1, 0.15) is 5.82 Å². The highest BCUT2D eigenvalue weighted by atomic mass is 15.0. The van der Waals surface area contributed by atoms with Crippen molar-refractivity contribution in [1.82, 2.24) is 9.97 Å². The minimum absolute atomic E-state index is 0.730. The number of hydrogen-bond donors (Lipinski definition) is 2. The molecule has 2 aromatic rings. The number of nitrogens with zero attached hydrogens (tertiary/aromatic N) is 2. The lowest BCUT2D eigenvalue weighted by Crippen LogP contribution is -2.05. The van der Waals surface area contributed by atoms with Gasteiger partial charge in [0, 0.05) is 29.6 Å². The zero-order chi connectivity index (χ0) is 19.3. The molecule has 0 saturated carbocycles. The molecule has 0 amide bonds. The van der Waals surface area contributed by atoms with Gasteiger partial charge in [-0.2, -0.15) is 0 Å². The van der Waals surface area contributed by atoms with E-state index in [1.807, 2.05) is 37.3 Å². The summed E-state index contributed by atoms with van der Waals surface area (Å²) >= 11 is 0. The fourth-order valence-corrected chi connectivity index (χ4v) is 3.29. The van der Waals surface area contributed by atoms with E-state index in [0.29, 0.717) is 0 Å². The Morgan fingerprint density at radius 2 is 1.52 bits per heavy atom. The summed E-state index contributed by atoms with van der Waals surface area (Å²) in [5, 5.41) is 3.45. The van der Waals surface area contributed by atoms with Gasteiger partial charge in [-0.25, -0.2) is 9.97 Å². The molecule has 1 aromatic carbocycles. The molecule has 27 heavy (non-hydrogen) atoms. The van der Waals surface area contributed by atoms with Crippen molar-refractivity contribution in [3.63, 3.8) is 0 Å². The third-order valence-corrected chi connectivity index (χ3v) is 4.84. The van der Waals surface area contributed by atoms with Crippen LogP contribution in [0, 0.1) is 6.92 Å². The maximum atomic E-state index is 5.88. The maximum absolute atomic E-state index is 5.88. The summed E-state index contributed by atoms with van der Waals surface area (Å²) in [7, 11) is 0. The molecule has 1 aromatic heterocycles. The average molecular weight is 369 g/mol. The van der Waals surface area contributed by atoms with Crippen LogP contribution < -0.4 is 11.1 Å². The van der Waals surface area contributed by atoms with Crippen molar-refractivity contribution in [1.29, 1.82) is 0 Å². The molecule has 0 aliphatic carbocycles. The second-order valence-corrected chi connectivity index (χ2v) is 7.45. The number of nitrogens with one attached hydrogen (secondary N) is 1. The standard InChI is InChI=1S/C23H36N4/c1-3-4-5-6-7-8-9-10-11-12-16-25-22-17-19(2)26-23(27-22)20-14-13-15-21(24)18-20/h13-15,17-18H,3-12,16,24H2,1-2H3,(H,25,26,27). The summed E-state index contributed by atoms with van der Waals surface area (Å²) < 4.78 is 0. The molecule has 3 N–H and O–H groups in total. The lowest BCUT2D eigenvalue weighted by molar-refractivity contribution is 0.560. The highest BCUT2D eigenvalue weighted by Gasteiger charge is 2.05. The number of aromatic nitrogens is 2. The van der Waals surface area contributed by atoms with E-state index in [0.717, 1.165) is 35.1 Å². The first-order chi connectivity index (χ1) is 13.2. The molecule has 0 radical (unpaired) electrons. The van der Waals surface area contributed by atoms with Crippen LogP contribution in [0.15, 0.2) is 30.3 Å². The molecule has 4 heteroatoms. The summed E-state index contributed by atoms with van der Waals surface area (Å²) in [6.07, 6.45) is 13.5. The first kappa shape index (κ1) is 21.2. The van der Waals surface area contributed by atoms with E-state index < -0.39 is 0 Å². The van der Waals surface area contributed by atoms with Gasteiger partial charge in [0.2, 0.25) is 0 Å². The fraction of sp³-hybridized carbons (Fsp3) is 0.565. The fourth-order valence-electron chi connectivity index (χ4n) is 3.29. The predicted octanol–water partition coefficient (Wildman–Crippen LogP) is 6.37. The van der Waals surface area contributed by atoms with Gasteiger partial charge >= 0.3 is 0 Å². The van der Waals surface area contributed by atoms with Crippen molar-refractivity contribution in [2.75, 3.05) is 17.6 Å². The first-order valence-corrected chi connectivity index (χ1v) is 10.6. The smallest absolute Gasteiger partial charge is 0.161 e. The van der Waals surface area contributed by atoms with Crippen LogP contribution in [0.4, 0.5) is 11.5 Å². The Balaban J connectivity index is 1.66. The zero-order valence-electron chi connectivity index (χ0n) is 17.1. The van der Waals surface area contributed by atoms with E-state index in [4.69, 9.17) is 5.73 Å². The van der Waals surface area contributed by atoms with Crippen LogP contribution in [0.3, 0.4) is 0 Å². The molecular formula is C23H36N4. The van der Waals surface area contributed by atoms with E-state index in [1.165, 1.54) is 64.2 Å². The largest absolute Gasteiger partial charge is 0.399 e. The van der Waals surface area contributed by atoms with E-state index in [2.05, 4.69) is 22.2 Å². The lowest BCUT2D eigenvalue weighted by atomic mass is 10.1. The van der Waals surface area contributed by atoms with E-state index in [9.17, 15) is 0 Å². The van der Waals surface area contributed by atoms with Crippen molar-refractivity contribution in [3.8, 4) is 11.4 Å². The summed E-state index contributed by atoms with van der Waals surface area (Å²) in [4.78, 5) is 9.19. The van der Waals surface area contributed by atoms with Crippen molar-refractivity contribution in [2.45, 2.75) is 78.1 Å². The highest BCUT2D eigenvalue weighted by molar-refractivity contribution is 5.62. The third-order valence-electron chi connectivity index (χ3n) is 4.84. The van der Waals surface area contributed by atoms with E-state index >= 15 is 0 Å². The molecule has 0 aliphatic rings. The zero-order valence-corrected chi connectivity index (χ0v) is 17.1. The predicted molar refractivity (Wildman–Crippen MR) is 117 cm³/mol. The molecule has 0 atom stereocenters. The number of anilines is 2. The van der Waals surface area contributed by atoms with Gasteiger partial charge in [-0.15, -0.1) is 0 Å². The summed E-state index contributed by atoms with van der Waals surface area (Å²) in [6.45, 7) is 5.24. The maximum Gasteiger partial charge on any atom is 0.161 e. The number of aryl methyl sites for hydroxylation is 1. The highest BCUT2D eigenvalue weighted by Crippen LogP contribution is 2.20. The van der Waals surface area contributed by atoms with Crippen LogP contribution in [0.25, 0.3) is 11.4 Å². The Morgan fingerprint density at radius 1 is 0.852 bits per heavy atom. The van der Waals surface area contributed by atoms with Crippen LogP contribution >= 0.6 is 0 Å². The van der Waals surface area contributed by atoms with Crippen LogP contribution in [0.1, 0.15) is 76.8 Å².